The molecule has 4 nitrogen and oxygen atoms in total. The third kappa shape index (κ3) is 7.84. The summed E-state index contributed by atoms with van der Waals surface area (Å²) in [4.78, 5) is 24.2. The summed E-state index contributed by atoms with van der Waals surface area (Å²) in [5.74, 6) is -3.34. The van der Waals surface area contributed by atoms with Crippen molar-refractivity contribution >= 4 is 22.7 Å². The van der Waals surface area contributed by atoms with Gasteiger partial charge in [0.2, 0.25) is 5.92 Å². The predicted octanol–water partition coefficient (Wildman–Crippen LogP) is 9.27. The van der Waals surface area contributed by atoms with E-state index in [1.165, 1.54) is 12.1 Å². The van der Waals surface area contributed by atoms with Crippen LogP contribution in [-0.2, 0) is 15.7 Å². The minimum Gasteiger partial charge on any atom is -0.466 e. The lowest BCUT2D eigenvalue weighted by Crippen LogP contribution is -2.16. The van der Waals surface area contributed by atoms with Crippen LogP contribution in [0.5, 0.6) is 0 Å². The quantitative estimate of drug-likeness (QED) is 0.0946. The van der Waals surface area contributed by atoms with Crippen LogP contribution in [0.1, 0.15) is 73.5 Å². The van der Waals surface area contributed by atoms with Crippen molar-refractivity contribution in [2.75, 3.05) is 6.61 Å². The molecule has 3 aromatic carbocycles. The van der Waals surface area contributed by atoms with Crippen molar-refractivity contribution in [2.24, 2.45) is 0 Å². The number of carbonyl (C=O) groups excluding carboxylic acids is 2. The maximum atomic E-state index is 13.9. The summed E-state index contributed by atoms with van der Waals surface area (Å²) in [6.07, 6.45) is -2.10. The van der Waals surface area contributed by atoms with E-state index in [0.717, 1.165) is 41.1 Å². The number of Topliss-reactive ketones (excluding diaryl/α,β-unsaturated/α-hetero) is 1. The number of aromatic nitrogens is 1. The Hall–Kier alpha value is -4.01. The topological polar surface area (TPSA) is 48.3 Å². The number of rotatable bonds is 12. The molecule has 0 radical (unpaired) electrons. The van der Waals surface area contributed by atoms with Crippen LogP contribution in [0.4, 0.5) is 22.0 Å². The summed E-state index contributed by atoms with van der Waals surface area (Å²) >= 11 is 0. The molecule has 0 aliphatic rings. The van der Waals surface area contributed by atoms with Gasteiger partial charge in [-0.3, -0.25) is 9.59 Å². The van der Waals surface area contributed by atoms with Crippen LogP contribution in [0.25, 0.3) is 22.0 Å². The van der Waals surface area contributed by atoms with Gasteiger partial charge >= 0.3 is 12.1 Å². The average Bonchev–Trinajstić information content (AvgIpc) is 3.36. The third-order valence-electron chi connectivity index (χ3n) is 7.17. The molecule has 1 aromatic heterocycles. The molecular formula is C33H32F5NO3. The van der Waals surface area contributed by atoms with Gasteiger partial charge in [-0.05, 0) is 73.7 Å². The van der Waals surface area contributed by atoms with Crippen molar-refractivity contribution in [3.8, 4) is 11.1 Å². The molecule has 1 heterocycles. The van der Waals surface area contributed by atoms with E-state index >= 15 is 0 Å². The standard InChI is InChI=1S/C33H32F5NO3/c1-3-42-31(41)6-4-5-30(40)24-9-7-23(8-10-24)29(17-19-32(2,34)35)39-20-18-26-21-25(13-16-28(26)39)22-11-14-27(15-12-22)33(36,37)38/h7-16,18,20-21,29H,3-6,17,19H2,1-2H3. The molecule has 0 aliphatic heterocycles. The summed E-state index contributed by atoms with van der Waals surface area (Å²) in [5, 5.41) is 0.814. The molecule has 4 aromatic rings. The van der Waals surface area contributed by atoms with E-state index < -0.39 is 23.7 Å². The Bertz CT molecular complexity index is 1520. The highest BCUT2D eigenvalue weighted by Gasteiger charge is 2.30. The number of fused-ring (bicyclic) bond motifs is 1. The number of ether oxygens (including phenoxy) is 1. The minimum atomic E-state index is -4.42. The van der Waals surface area contributed by atoms with E-state index in [1.807, 2.05) is 29.0 Å². The van der Waals surface area contributed by atoms with Crippen molar-refractivity contribution in [3.63, 3.8) is 0 Å². The lowest BCUT2D eigenvalue weighted by Gasteiger charge is -2.23. The normalized spacial score (nSPS) is 12.8. The second-order valence-corrected chi connectivity index (χ2v) is 10.4. The Kier molecular flexibility index (Phi) is 9.49. The zero-order valence-electron chi connectivity index (χ0n) is 23.4. The highest BCUT2D eigenvalue weighted by Crippen LogP contribution is 2.35. The molecule has 4 rings (SSSR count). The van der Waals surface area contributed by atoms with E-state index in [4.69, 9.17) is 4.74 Å². The maximum Gasteiger partial charge on any atom is 0.416 e. The summed E-state index contributed by atoms with van der Waals surface area (Å²) in [6, 6.07) is 18.7. The molecular weight excluding hydrogens is 553 g/mol. The van der Waals surface area contributed by atoms with Gasteiger partial charge in [-0.1, -0.05) is 42.5 Å². The second kappa shape index (κ2) is 12.9. The molecule has 9 heteroatoms. The van der Waals surface area contributed by atoms with Gasteiger partial charge in [-0.15, -0.1) is 0 Å². The van der Waals surface area contributed by atoms with Gasteiger partial charge in [-0.25, -0.2) is 8.78 Å². The zero-order valence-corrected chi connectivity index (χ0v) is 23.4. The van der Waals surface area contributed by atoms with E-state index in [9.17, 15) is 31.5 Å². The van der Waals surface area contributed by atoms with Crippen molar-refractivity contribution in [1.82, 2.24) is 4.57 Å². The number of ketones is 1. The maximum absolute atomic E-state index is 13.9. The van der Waals surface area contributed by atoms with E-state index in [-0.39, 0.29) is 44.0 Å². The molecule has 0 fully saturated rings. The lowest BCUT2D eigenvalue weighted by atomic mass is 9.96. The molecule has 0 spiro atoms. The molecule has 0 saturated carbocycles. The zero-order chi connectivity index (χ0) is 30.5. The summed E-state index contributed by atoms with van der Waals surface area (Å²) in [5.41, 5.74) is 2.65. The molecule has 1 unspecified atom stereocenters. The highest BCUT2D eigenvalue weighted by atomic mass is 19.4. The van der Waals surface area contributed by atoms with Gasteiger partial charge in [0.15, 0.2) is 5.78 Å². The number of hydrogen-bond acceptors (Lipinski definition) is 3. The van der Waals surface area contributed by atoms with Crippen LogP contribution in [0, 0.1) is 0 Å². The van der Waals surface area contributed by atoms with Gasteiger partial charge < -0.3 is 9.30 Å². The van der Waals surface area contributed by atoms with Crippen LogP contribution in [0.3, 0.4) is 0 Å². The fourth-order valence-corrected chi connectivity index (χ4v) is 4.99. The summed E-state index contributed by atoms with van der Waals surface area (Å²) < 4.78 is 73.6. The number of nitrogens with zero attached hydrogens (tertiary/aromatic N) is 1. The monoisotopic (exact) mass is 585 g/mol. The molecule has 0 aliphatic carbocycles. The molecule has 0 N–H and O–H groups in total. The fraction of sp³-hybridized carbons (Fsp3) is 0.333. The first-order valence-corrected chi connectivity index (χ1v) is 13.8. The summed E-state index contributed by atoms with van der Waals surface area (Å²) in [6.45, 7) is 2.89. The number of hydrogen-bond donors (Lipinski definition) is 0. The van der Waals surface area contributed by atoms with E-state index in [2.05, 4.69) is 0 Å². The predicted molar refractivity (Wildman–Crippen MR) is 152 cm³/mol. The molecule has 42 heavy (non-hydrogen) atoms. The van der Waals surface area contributed by atoms with Gasteiger partial charge in [0.05, 0.1) is 18.2 Å². The minimum absolute atomic E-state index is 0.121. The number of carbonyl (C=O) groups is 2. The third-order valence-corrected chi connectivity index (χ3v) is 7.17. The number of esters is 1. The molecule has 222 valence electrons. The van der Waals surface area contributed by atoms with Crippen LogP contribution in [-0.4, -0.2) is 28.8 Å². The molecule has 0 amide bonds. The SMILES string of the molecule is CCOC(=O)CCCC(=O)c1ccc(C(CCC(C)(F)F)n2ccc3cc(-c4ccc(C(F)(F)F)cc4)ccc32)cc1. The first-order valence-electron chi connectivity index (χ1n) is 13.8. The largest absolute Gasteiger partial charge is 0.466 e. The Morgan fingerprint density at radius 1 is 0.857 bits per heavy atom. The first kappa shape index (κ1) is 30.9. The van der Waals surface area contributed by atoms with Crippen molar-refractivity contribution < 1.29 is 36.3 Å². The van der Waals surface area contributed by atoms with E-state index in [0.29, 0.717) is 17.5 Å². The summed E-state index contributed by atoms with van der Waals surface area (Å²) in [7, 11) is 0. The van der Waals surface area contributed by atoms with Gasteiger partial charge in [-0.2, -0.15) is 13.2 Å². The second-order valence-electron chi connectivity index (χ2n) is 10.4. The van der Waals surface area contributed by atoms with Crippen molar-refractivity contribution in [2.45, 2.75) is 64.1 Å². The van der Waals surface area contributed by atoms with Gasteiger partial charge in [0.25, 0.3) is 0 Å². The van der Waals surface area contributed by atoms with Crippen molar-refractivity contribution in [3.05, 3.63) is 95.7 Å². The fourth-order valence-electron chi connectivity index (χ4n) is 4.99. The number of alkyl halides is 5. The van der Waals surface area contributed by atoms with Crippen LogP contribution >= 0.6 is 0 Å². The Balaban J connectivity index is 1.57. The number of benzene rings is 3. The van der Waals surface area contributed by atoms with Gasteiger partial charge in [0.1, 0.15) is 0 Å². The van der Waals surface area contributed by atoms with Crippen LogP contribution < -0.4 is 0 Å². The Labute approximate surface area is 241 Å². The average molecular weight is 586 g/mol. The van der Waals surface area contributed by atoms with E-state index in [1.54, 1.807) is 37.3 Å². The highest BCUT2D eigenvalue weighted by molar-refractivity contribution is 5.96. The Morgan fingerprint density at radius 3 is 2.14 bits per heavy atom. The van der Waals surface area contributed by atoms with Crippen LogP contribution in [0.15, 0.2) is 79.0 Å². The van der Waals surface area contributed by atoms with Gasteiger partial charge in [0, 0.05) is 41.9 Å². The smallest absolute Gasteiger partial charge is 0.416 e. The molecule has 0 saturated heterocycles. The van der Waals surface area contributed by atoms with Crippen LogP contribution in [0.2, 0.25) is 0 Å². The van der Waals surface area contributed by atoms with Crippen molar-refractivity contribution in [1.29, 1.82) is 0 Å². The molecule has 0 bridgehead atoms. The lowest BCUT2D eigenvalue weighted by molar-refractivity contribution is -0.143. The first-order chi connectivity index (χ1) is 19.9. The molecule has 1 atom stereocenters. The Morgan fingerprint density at radius 2 is 1.52 bits per heavy atom. The number of halogens is 5.